The first-order valence-corrected chi connectivity index (χ1v) is 8.33. The minimum absolute atomic E-state index is 0.00979. The number of benzene rings is 1. The van der Waals surface area contributed by atoms with Crippen molar-refractivity contribution >= 4 is 12.1 Å². The first-order chi connectivity index (χ1) is 12.7. The van der Waals surface area contributed by atoms with Crippen LogP contribution in [0.25, 0.3) is 0 Å². The minimum atomic E-state index is -0.608. The van der Waals surface area contributed by atoms with Crippen molar-refractivity contribution in [2.75, 3.05) is 20.2 Å². The lowest BCUT2D eigenvalue weighted by molar-refractivity contribution is 0.0553. The molecule has 1 amide bonds. The fraction of sp³-hybridized carbons (Fsp3) is 0.389. The van der Waals surface area contributed by atoms with Gasteiger partial charge in [0.25, 0.3) is 5.88 Å². The van der Waals surface area contributed by atoms with Crippen molar-refractivity contribution in [1.82, 2.24) is 10.1 Å². The van der Waals surface area contributed by atoms with Gasteiger partial charge in [0.2, 0.25) is 5.76 Å². The van der Waals surface area contributed by atoms with Crippen molar-refractivity contribution in [3.8, 4) is 5.88 Å². The monoisotopic (exact) mass is 360 g/mol. The molecule has 1 aromatic carbocycles. The molecule has 26 heavy (non-hydrogen) atoms. The quantitative estimate of drug-likeness (QED) is 0.757. The summed E-state index contributed by atoms with van der Waals surface area (Å²) in [6, 6.07) is 10.9. The fourth-order valence-corrected chi connectivity index (χ4v) is 2.65. The molecule has 8 nitrogen and oxygen atoms in total. The van der Waals surface area contributed by atoms with E-state index in [0.29, 0.717) is 25.9 Å². The molecule has 1 saturated heterocycles. The summed E-state index contributed by atoms with van der Waals surface area (Å²) in [5.41, 5.74) is 0.950. The Labute approximate surface area is 150 Å². The average Bonchev–Trinajstić information content (AvgIpc) is 3.15. The third-order valence-electron chi connectivity index (χ3n) is 4.07. The molecule has 0 radical (unpaired) electrons. The Morgan fingerprint density at radius 2 is 1.96 bits per heavy atom. The molecule has 8 heteroatoms. The number of nitrogens with zero attached hydrogens (tertiary/aromatic N) is 2. The number of methoxy groups -OCH3 is 1. The van der Waals surface area contributed by atoms with Crippen molar-refractivity contribution in [2.24, 2.45) is 0 Å². The smallest absolute Gasteiger partial charge is 0.410 e. The molecule has 0 N–H and O–H groups in total. The first-order valence-electron chi connectivity index (χ1n) is 8.33. The number of amides is 1. The van der Waals surface area contributed by atoms with Crippen LogP contribution in [-0.4, -0.2) is 48.4 Å². The van der Waals surface area contributed by atoms with E-state index >= 15 is 0 Å². The summed E-state index contributed by atoms with van der Waals surface area (Å²) in [6.07, 6.45) is 0.840. The number of rotatable bonds is 5. The van der Waals surface area contributed by atoms with Crippen molar-refractivity contribution < 1.29 is 28.3 Å². The van der Waals surface area contributed by atoms with E-state index in [1.54, 1.807) is 4.90 Å². The molecule has 0 saturated carbocycles. The van der Waals surface area contributed by atoms with Gasteiger partial charge in [0, 0.05) is 25.9 Å². The van der Waals surface area contributed by atoms with E-state index in [9.17, 15) is 9.59 Å². The van der Waals surface area contributed by atoms with Gasteiger partial charge < -0.3 is 23.6 Å². The van der Waals surface area contributed by atoms with Gasteiger partial charge >= 0.3 is 12.1 Å². The van der Waals surface area contributed by atoms with Crippen LogP contribution in [0.5, 0.6) is 5.88 Å². The Balaban J connectivity index is 1.43. The van der Waals surface area contributed by atoms with Crippen LogP contribution in [0.15, 0.2) is 40.9 Å². The van der Waals surface area contributed by atoms with Crippen LogP contribution in [0, 0.1) is 0 Å². The molecule has 0 unspecified atom stereocenters. The lowest BCUT2D eigenvalue weighted by Crippen LogP contribution is -2.42. The molecule has 0 spiro atoms. The number of hydrogen-bond acceptors (Lipinski definition) is 7. The van der Waals surface area contributed by atoms with Crippen molar-refractivity contribution in [1.29, 1.82) is 0 Å². The number of likely N-dealkylation sites (tertiary alicyclic amines) is 1. The maximum absolute atomic E-state index is 12.1. The second-order valence-corrected chi connectivity index (χ2v) is 5.87. The third-order valence-corrected chi connectivity index (χ3v) is 4.07. The zero-order valence-electron chi connectivity index (χ0n) is 14.4. The molecular formula is C18H20N2O6. The van der Waals surface area contributed by atoms with Crippen LogP contribution in [0.4, 0.5) is 4.79 Å². The van der Waals surface area contributed by atoms with E-state index in [4.69, 9.17) is 14.0 Å². The fourth-order valence-electron chi connectivity index (χ4n) is 2.65. The molecule has 3 rings (SSSR count). The number of ether oxygens (including phenoxy) is 3. The van der Waals surface area contributed by atoms with Gasteiger partial charge in [0.15, 0.2) is 0 Å². The Hall–Kier alpha value is -3.03. The largest absolute Gasteiger partial charge is 0.472 e. The van der Waals surface area contributed by atoms with Crippen molar-refractivity contribution in [2.45, 2.75) is 25.6 Å². The van der Waals surface area contributed by atoms with Gasteiger partial charge in [-0.05, 0) is 10.7 Å². The standard InChI is InChI=1S/C18H20N2O6/c1-23-17(21)15-11-16(19-26-15)25-14-7-9-20(10-8-14)18(22)24-12-13-5-3-2-4-6-13/h2-6,11,14H,7-10,12H2,1H3. The molecular weight excluding hydrogens is 340 g/mol. The second-order valence-electron chi connectivity index (χ2n) is 5.87. The van der Waals surface area contributed by atoms with Crippen molar-refractivity contribution in [3.63, 3.8) is 0 Å². The summed E-state index contributed by atoms with van der Waals surface area (Å²) in [5, 5.41) is 3.69. The Kier molecular flexibility index (Phi) is 5.73. The van der Waals surface area contributed by atoms with E-state index < -0.39 is 5.97 Å². The minimum Gasteiger partial charge on any atom is -0.472 e. The maximum atomic E-state index is 12.1. The van der Waals surface area contributed by atoms with Gasteiger partial charge in [0.05, 0.1) is 13.2 Å². The Morgan fingerprint density at radius 3 is 2.65 bits per heavy atom. The molecule has 1 aromatic heterocycles. The highest BCUT2D eigenvalue weighted by Gasteiger charge is 2.26. The number of carbonyl (C=O) groups is 2. The van der Waals surface area contributed by atoms with Crippen molar-refractivity contribution in [3.05, 3.63) is 47.7 Å². The van der Waals surface area contributed by atoms with E-state index in [1.807, 2.05) is 30.3 Å². The van der Waals surface area contributed by atoms with Gasteiger partial charge in [0.1, 0.15) is 12.7 Å². The van der Waals surface area contributed by atoms with Crippen LogP contribution in [0.3, 0.4) is 0 Å². The Morgan fingerprint density at radius 1 is 1.23 bits per heavy atom. The third kappa shape index (κ3) is 4.53. The molecule has 0 bridgehead atoms. The summed E-state index contributed by atoms with van der Waals surface area (Å²) in [7, 11) is 1.26. The molecule has 0 atom stereocenters. The zero-order chi connectivity index (χ0) is 18.4. The lowest BCUT2D eigenvalue weighted by Gasteiger charge is -2.30. The topological polar surface area (TPSA) is 91.1 Å². The van der Waals surface area contributed by atoms with E-state index in [1.165, 1.54) is 13.2 Å². The van der Waals surface area contributed by atoms with Gasteiger partial charge in [-0.15, -0.1) is 0 Å². The number of aromatic nitrogens is 1. The second kappa shape index (κ2) is 8.37. The highest BCUT2D eigenvalue weighted by molar-refractivity contribution is 5.86. The van der Waals surface area contributed by atoms with Crippen LogP contribution >= 0.6 is 0 Å². The molecule has 138 valence electrons. The van der Waals surface area contributed by atoms with E-state index in [-0.39, 0.29) is 30.4 Å². The molecule has 1 aliphatic heterocycles. The summed E-state index contributed by atoms with van der Waals surface area (Å²) in [4.78, 5) is 25.1. The van der Waals surface area contributed by atoms with Gasteiger partial charge in [-0.2, -0.15) is 0 Å². The lowest BCUT2D eigenvalue weighted by atomic mass is 10.1. The predicted molar refractivity (Wildman–Crippen MR) is 89.7 cm³/mol. The molecule has 2 aromatic rings. The van der Waals surface area contributed by atoms with Crippen LogP contribution in [0.2, 0.25) is 0 Å². The SMILES string of the molecule is COC(=O)c1cc(OC2CCN(C(=O)OCc3ccccc3)CC2)no1. The maximum Gasteiger partial charge on any atom is 0.410 e. The highest BCUT2D eigenvalue weighted by atomic mass is 16.6. The number of piperidine rings is 1. The Bertz CT molecular complexity index is 737. The normalized spacial score (nSPS) is 14.7. The van der Waals surface area contributed by atoms with E-state index in [2.05, 4.69) is 9.89 Å². The zero-order valence-corrected chi connectivity index (χ0v) is 14.4. The molecule has 1 fully saturated rings. The summed E-state index contributed by atoms with van der Waals surface area (Å²) < 4.78 is 20.4. The average molecular weight is 360 g/mol. The number of esters is 1. The van der Waals surface area contributed by atoms with Gasteiger partial charge in [-0.1, -0.05) is 30.3 Å². The highest BCUT2D eigenvalue weighted by Crippen LogP contribution is 2.20. The number of carbonyl (C=O) groups excluding carboxylic acids is 2. The summed E-state index contributed by atoms with van der Waals surface area (Å²) in [5.74, 6) is -0.386. The van der Waals surface area contributed by atoms with Crippen LogP contribution in [-0.2, 0) is 16.1 Å². The predicted octanol–water partition coefficient (Wildman–Crippen LogP) is 2.64. The van der Waals surface area contributed by atoms with E-state index in [0.717, 1.165) is 5.56 Å². The first kappa shape index (κ1) is 17.8. The van der Waals surface area contributed by atoms with Crippen LogP contribution in [0.1, 0.15) is 29.0 Å². The molecule has 2 heterocycles. The van der Waals surface area contributed by atoms with Gasteiger partial charge in [-0.3, -0.25) is 0 Å². The molecule has 1 aliphatic rings. The number of hydrogen-bond donors (Lipinski definition) is 0. The van der Waals surface area contributed by atoms with Gasteiger partial charge in [-0.25, -0.2) is 9.59 Å². The van der Waals surface area contributed by atoms with Crippen LogP contribution < -0.4 is 4.74 Å². The molecule has 0 aliphatic carbocycles. The summed E-state index contributed by atoms with van der Waals surface area (Å²) in [6.45, 7) is 1.31. The summed E-state index contributed by atoms with van der Waals surface area (Å²) >= 11 is 0.